The molecule has 0 aromatic heterocycles. The van der Waals surface area contributed by atoms with Crippen LogP contribution in [0, 0.1) is 0 Å². The summed E-state index contributed by atoms with van der Waals surface area (Å²) < 4.78 is 22.2. The van der Waals surface area contributed by atoms with E-state index in [4.69, 9.17) is 5.90 Å². The van der Waals surface area contributed by atoms with Crippen molar-refractivity contribution >= 4 is 9.84 Å². The largest absolute Gasteiger partial charge is 0.304 e. The Morgan fingerprint density at radius 1 is 1.29 bits per heavy atom. The van der Waals surface area contributed by atoms with Crippen LogP contribution in [0.2, 0.25) is 0 Å². The molecule has 0 aliphatic heterocycles. The molecule has 0 atom stereocenters. The Hall–Kier alpha value is -0.910. The van der Waals surface area contributed by atoms with Crippen molar-refractivity contribution in [2.45, 2.75) is 11.3 Å². The molecule has 0 bridgehead atoms. The number of rotatable bonds is 4. The zero-order chi connectivity index (χ0) is 10.6. The maximum atomic E-state index is 11.1. The first-order valence-electron chi connectivity index (χ1n) is 4.15. The van der Waals surface area contributed by atoms with Crippen LogP contribution in [-0.2, 0) is 21.1 Å². The van der Waals surface area contributed by atoms with Crippen LogP contribution in [0.4, 0.5) is 0 Å². The van der Waals surface area contributed by atoms with E-state index in [1.54, 1.807) is 24.3 Å². The van der Waals surface area contributed by atoms with Crippen molar-refractivity contribution in [3.63, 3.8) is 0 Å². The van der Waals surface area contributed by atoms with Crippen molar-refractivity contribution < 1.29 is 13.3 Å². The molecule has 0 saturated heterocycles. The SMILES string of the molecule is CS(=O)(=O)c1ccc(CCON)cc1. The van der Waals surface area contributed by atoms with E-state index in [0.717, 1.165) is 5.56 Å². The van der Waals surface area contributed by atoms with Gasteiger partial charge in [-0.1, -0.05) is 12.1 Å². The van der Waals surface area contributed by atoms with Gasteiger partial charge in [0.1, 0.15) is 0 Å². The molecule has 0 spiro atoms. The highest BCUT2D eigenvalue weighted by atomic mass is 32.2. The molecule has 5 heteroatoms. The van der Waals surface area contributed by atoms with Crippen LogP contribution < -0.4 is 5.90 Å². The van der Waals surface area contributed by atoms with Crippen molar-refractivity contribution in [1.82, 2.24) is 0 Å². The van der Waals surface area contributed by atoms with E-state index in [9.17, 15) is 8.42 Å². The van der Waals surface area contributed by atoms with Crippen molar-refractivity contribution in [2.75, 3.05) is 12.9 Å². The second kappa shape index (κ2) is 4.54. The van der Waals surface area contributed by atoms with Gasteiger partial charge in [0.2, 0.25) is 0 Å². The Balaban J connectivity index is 2.79. The predicted molar refractivity (Wildman–Crippen MR) is 53.4 cm³/mol. The van der Waals surface area contributed by atoms with E-state index in [-0.39, 0.29) is 0 Å². The molecule has 4 nitrogen and oxygen atoms in total. The third-order valence-corrected chi connectivity index (χ3v) is 2.99. The lowest BCUT2D eigenvalue weighted by Gasteiger charge is -2.01. The number of hydrogen-bond donors (Lipinski definition) is 1. The Morgan fingerprint density at radius 3 is 2.29 bits per heavy atom. The van der Waals surface area contributed by atoms with E-state index < -0.39 is 9.84 Å². The van der Waals surface area contributed by atoms with Gasteiger partial charge in [0.05, 0.1) is 11.5 Å². The molecule has 0 fully saturated rings. The summed E-state index contributed by atoms with van der Waals surface area (Å²) in [6.45, 7) is 0.429. The topological polar surface area (TPSA) is 69.4 Å². The predicted octanol–water partition coefficient (Wildman–Crippen LogP) is 0.523. The molecule has 1 aromatic carbocycles. The Bertz CT molecular complexity index is 383. The number of nitrogens with two attached hydrogens (primary N) is 1. The standard InChI is InChI=1S/C9H13NO3S/c1-14(11,12)9-4-2-8(3-5-9)6-7-13-10/h2-5H,6-7,10H2,1H3. The lowest BCUT2D eigenvalue weighted by molar-refractivity contribution is 0.141. The molecule has 0 radical (unpaired) electrons. The normalized spacial score (nSPS) is 11.6. The maximum Gasteiger partial charge on any atom is 0.175 e. The summed E-state index contributed by atoms with van der Waals surface area (Å²) >= 11 is 0. The minimum Gasteiger partial charge on any atom is -0.304 e. The summed E-state index contributed by atoms with van der Waals surface area (Å²) in [6.07, 6.45) is 1.87. The molecule has 14 heavy (non-hydrogen) atoms. The highest BCUT2D eigenvalue weighted by Crippen LogP contribution is 2.10. The second-order valence-electron chi connectivity index (χ2n) is 3.04. The van der Waals surface area contributed by atoms with Crippen LogP contribution in [0.5, 0.6) is 0 Å². The van der Waals surface area contributed by atoms with Crippen molar-refractivity contribution in [2.24, 2.45) is 5.90 Å². The van der Waals surface area contributed by atoms with Gasteiger partial charge in [0.25, 0.3) is 0 Å². The summed E-state index contributed by atoms with van der Waals surface area (Å²) in [5, 5.41) is 0. The quantitative estimate of drug-likeness (QED) is 0.743. The van der Waals surface area contributed by atoms with Gasteiger partial charge >= 0.3 is 0 Å². The Kier molecular flexibility index (Phi) is 3.62. The summed E-state index contributed by atoms with van der Waals surface area (Å²) in [6, 6.07) is 6.69. The van der Waals surface area contributed by atoms with Crippen molar-refractivity contribution in [3.8, 4) is 0 Å². The fourth-order valence-electron chi connectivity index (χ4n) is 1.08. The number of sulfone groups is 1. The second-order valence-corrected chi connectivity index (χ2v) is 5.05. The molecule has 0 unspecified atom stereocenters. The minimum absolute atomic E-state index is 0.329. The zero-order valence-electron chi connectivity index (χ0n) is 7.93. The molecule has 1 rings (SSSR count). The van der Waals surface area contributed by atoms with Crippen LogP contribution in [0.1, 0.15) is 5.56 Å². The molecule has 1 aromatic rings. The number of benzene rings is 1. The van der Waals surface area contributed by atoms with Crippen LogP contribution in [-0.4, -0.2) is 21.3 Å². The molecule has 2 N–H and O–H groups in total. The third kappa shape index (κ3) is 3.10. The molecule has 0 amide bonds. The molecule has 0 saturated carbocycles. The van der Waals surface area contributed by atoms with Gasteiger partial charge in [-0.15, -0.1) is 0 Å². The molecule has 0 aliphatic carbocycles. The van der Waals surface area contributed by atoms with E-state index in [1.807, 2.05) is 0 Å². The lowest BCUT2D eigenvalue weighted by Crippen LogP contribution is -2.04. The van der Waals surface area contributed by atoms with Gasteiger partial charge in [-0.2, -0.15) is 0 Å². The van der Waals surface area contributed by atoms with E-state index in [2.05, 4.69) is 4.84 Å². The third-order valence-electron chi connectivity index (χ3n) is 1.86. The summed E-state index contributed by atoms with van der Waals surface area (Å²) in [5.74, 6) is 4.88. The number of hydrogen-bond acceptors (Lipinski definition) is 4. The van der Waals surface area contributed by atoms with Crippen LogP contribution in [0.3, 0.4) is 0 Å². The maximum absolute atomic E-state index is 11.1. The summed E-state index contributed by atoms with van der Waals surface area (Å²) in [5.41, 5.74) is 1.00. The van der Waals surface area contributed by atoms with Gasteiger partial charge < -0.3 is 4.84 Å². The van der Waals surface area contributed by atoms with Crippen LogP contribution in [0.15, 0.2) is 29.2 Å². The fraction of sp³-hybridized carbons (Fsp3) is 0.333. The van der Waals surface area contributed by atoms with E-state index >= 15 is 0 Å². The first-order valence-corrected chi connectivity index (χ1v) is 6.04. The smallest absolute Gasteiger partial charge is 0.175 e. The van der Waals surface area contributed by atoms with Gasteiger partial charge in [-0.25, -0.2) is 14.3 Å². The van der Waals surface area contributed by atoms with Crippen LogP contribution in [0.25, 0.3) is 0 Å². The Morgan fingerprint density at radius 2 is 1.86 bits per heavy atom. The lowest BCUT2D eigenvalue weighted by atomic mass is 10.2. The van der Waals surface area contributed by atoms with E-state index in [0.29, 0.717) is 17.9 Å². The monoisotopic (exact) mass is 215 g/mol. The average molecular weight is 215 g/mol. The zero-order valence-corrected chi connectivity index (χ0v) is 8.75. The Labute approximate surface area is 83.6 Å². The highest BCUT2D eigenvalue weighted by molar-refractivity contribution is 7.90. The molecule has 78 valence electrons. The first-order chi connectivity index (χ1) is 6.54. The van der Waals surface area contributed by atoms with Gasteiger partial charge in [0.15, 0.2) is 9.84 Å². The summed E-state index contributed by atoms with van der Waals surface area (Å²) in [7, 11) is -3.10. The molecular weight excluding hydrogens is 202 g/mol. The van der Waals surface area contributed by atoms with Gasteiger partial charge in [-0.05, 0) is 24.1 Å². The van der Waals surface area contributed by atoms with Crippen molar-refractivity contribution in [1.29, 1.82) is 0 Å². The first kappa shape index (κ1) is 11.2. The summed E-state index contributed by atoms with van der Waals surface area (Å²) in [4.78, 5) is 4.75. The molecule has 0 aliphatic rings. The van der Waals surface area contributed by atoms with E-state index in [1.165, 1.54) is 6.26 Å². The van der Waals surface area contributed by atoms with Crippen molar-refractivity contribution in [3.05, 3.63) is 29.8 Å². The van der Waals surface area contributed by atoms with Crippen LogP contribution >= 0.6 is 0 Å². The minimum atomic E-state index is -3.10. The highest BCUT2D eigenvalue weighted by Gasteiger charge is 2.05. The molecular formula is C9H13NO3S. The van der Waals surface area contributed by atoms with Gasteiger partial charge in [0, 0.05) is 6.26 Å². The average Bonchev–Trinajstić information content (AvgIpc) is 2.14. The van der Waals surface area contributed by atoms with Gasteiger partial charge in [-0.3, -0.25) is 0 Å². The fourth-order valence-corrected chi connectivity index (χ4v) is 1.71. The molecule has 0 heterocycles.